The molecule has 9 heterocycles. The van der Waals surface area contributed by atoms with Gasteiger partial charge < -0.3 is 183 Å². The first kappa shape index (κ1) is 65.0. The number of aliphatic hydroxyl groups excluding tert-OH is 20. The third-order valence-electron chi connectivity index (χ3n) is 15.5. The van der Waals surface area contributed by atoms with E-state index in [2.05, 4.69) is 0 Å². The van der Waals surface area contributed by atoms with Crippen molar-refractivity contribution in [2.24, 2.45) is 0 Å². The summed E-state index contributed by atoms with van der Waals surface area (Å²) >= 11 is 0. The second-order valence-electron chi connectivity index (χ2n) is 21.1. The third-order valence-corrected chi connectivity index (χ3v) is 15.5. The van der Waals surface area contributed by atoms with Crippen molar-refractivity contribution in [3.63, 3.8) is 0 Å². The Balaban J connectivity index is 0.792. The van der Waals surface area contributed by atoms with Crippen LogP contribution in [0.25, 0.3) is 0 Å². The van der Waals surface area contributed by atoms with Gasteiger partial charge in [0.1, 0.15) is 165 Å². The van der Waals surface area contributed by atoms with E-state index in [1.165, 1.54) is 0 Å². The van der Waals surface area contributed by atoms with Crippen LogP contribution in [0.1, 0.15) is 0 Å². The first-order valence-corrected chi connectivity index (χ1v) is 26.3. The zero-order chi connectivity index (χ0) is 59.2. The van der Waals surface area contributed by atoms with E-state index >= 15 is 0 Å². The van der Waals surface area contributed by atoms with Crippen LogP contribution in [0.2, 0.25) is 0 Å². The maximum Gasteiger partial charge on any atom is 0.187 e. The second kappa shape index (κ2) is 27.9. The predicted octanol–water partition coefficient (Wildman–Crippen LogP) is -14.9. The number of hydrogen-bond donors (Lipinski definition) is 20. The fraction of sp³-hybridized carbons (Fsp3) is 1.00. The summed E-state index contributed by atoms with van der Waals surface area (Å²) in [6, 6.07) is 0. The van der Waals surface area contributed by atoms with Gasteiger partial charge in [0.15, 0.2) is 56.6 Å². The molecule has 9 rings (SSSR count). The molecule has 37 nitrogen and oxygen atoms in total. The molecule has 9 fully saturated rings. The van der Waals surface area contributed by atoms with Crippen LogP contribution in [0.5, 0.6) is 0 Å². The van der Waals surface area contributed by atoms with Crippen LogP contribution in [0, 0.1) is 0 Å². The maximum absolute atomic E-state index is 11.7. The summed E-state index contributed by atoms with van der Waals surface area (Å²) in [5.41, 5.74) is 0. The molecule has 0 spiro atoms. The minimum Gasteiger partial charge on any atom is -0.394 e. The van der Waals surface area contributed by atoms with Crippen molar-refractivity contribution in [1.29, 1.82) is 0 Å². The summed E-state index contributed by atoms with van der Waals surface area (Å²) in [7, 11) is 0. The zero-order valence-electron chi connectivity index (χ0n) is 43.0. The van der Waals surface area contributed by atoms with Crippen LogP contribution in [-0.4, -0.2) is 383 Å². The molecular formula is C45H74O37. The summed E-state index contributed by atoms with van der Waals surface area (Å²) in [5, 5.41) is 212. The summed E-state index contributed by atoms with van der Waals surface area (Å²) in [6.45, 7) is -5.37. The van der Waals surface area contributed by atoms with Gasteiger partial charge in [0, 0.05) is 0 Å². The molecule has 0 aromatic rings. The van der Waals surface area contributed by atoms with Crippen molar-refractivity contribution in [2.75, 3.05) is 59.5 Å². The van der Waals surface area contributed by atoms with Crippen molar-refractivity contribution in [3.8, 4) is 0 Å². The van der Waals surface area contributed by atoms with Gasteiger partial charge in [0.2, 0.25) is 0 Å². The molecule has 0 radical (unpaired) electrons. The van der Waals surface area contributed by atoms with Gasteiger partial charge in [-0.2, -0.15) is 0 Å². The molecular weight excluding hydrogens is 1130 g/mol. The van der Waals surface area contributed by atoms with Gasteiger partial charge in [0.05, 0.1) is 59.5 Å². The summed E-state index contributed by atoms with van der Waals surface area (Å²) in [4.78, 5) is 0. The molecule has 1 unspecified atom stereocenters. The smallest absolute Gasteiger partial charge is 0.187 e. The molecule has 9 aliphatic heterocycles. The average molecular weight is 1210 g/mol. The van der Waals surface area contributed by atoms with E-state index < -0.39 is 281 Å². The van der Waals surface area contributed by atoms with E-state index in [0.717, 1.165) is 0 Å². The lowest BCUT2D eigenvalue weighted by atomic mass is 10.0. The Hall–Kier alpha value is -1.48. The minimum absolute atomic E-state index is 0.432. The van der Waals surface area contributed by atoms with Gasteiger partial charge in [-0.25, -0.2) is 0 Å². The monoisotopic (exact) mass is 1210 g/mol. The molecule has 0 aromatic carbocycles. The van der Waals surface area contributed by atoms with Crippen LogP contribution in [-0.2, 0) is 80.5 Å². The molecule has 82 heavy (non-hydrogen) atoms. The minimum atomic E-state index is -2.02. The number of rotatable bonds is 18. The van der Waals surface area contributed by atoms with E-state index in [4.69, 9.17) is 80.5 Å². The van der Waals surface area contributed by atoms with Gasteiger partial charge in [-0.3, -0.25) is 0 Å². The van der Waals surface area contributed by atoms with Gasteiger partial charge in [0.25, 0.3) is 0 Å². The Bertz CT molecular complexity index is 1980. The fourth-order valence-electron chi connectivity index (χ4n) is 10.4. The normalized spacial score (nSPS) is 54.3. The molecule has 0 amide bonds. The van der Waals surface area contributed by atoms with Gasteiger partial charge in [-0.05, 0) is 0 Å². The molecule has 9 saturated heterocycles. The Morgan fingerprint density at radius 1 is 0.244 bits per heavy atom. The Morgan fingerprint density at radius 3 is 0.854 bits per heavy atom. The van der Waals surface area contributed by atoms with E-state index in [1.807, 2.05) is 0 Å². The first-order chi connectivity index (χ1) is 39.0. The quantitative estimate of drug-likeness (QED) is 0.0606. The van der Waals surface area contributed by atoms with Crippen LogP contribution in [0.3, 0.4) is 0 Å². The van der Waals surface area contributed by atoms with Crippen molar-refractivity contribution in [1.82, 2.24) is 0 Å². The molecule has 36 atom stereocenters. The van der Waals surface area contributed by atoms with Crippen LogP contribution in [0.4, 0.5) is 0 Å². The molecule has 0 aromatic heterocycles. The number of hydrogen-bond acceptors (Lipinski definition) is 37. The van der Waals surface area contributed by atoms with Gasteiger partial charge in [-0.15, -0.1) is 0 Å². The third kappa shape index (κ3) is 13.7. The van der Waals surface area contributed by atoms with E-state index in [-0.39, 0.29) is 0 Å². The largest absolute Gasteiger partial charge is 0.394 e. The molecule has 0 saturated carbocycles. The highest BCUT2D eigenvalue weighted by molar-refractivity contribution is 4.97. The molecule has 476 valence electrons. The standard InChI is InChI=1S/C45H74O37/c46-1-11-20(50)31(61)44(73-11)81-35-17(79-38-27(57)19(49)10(48)3-67-38)8-71-42(33(35)63)78-16-7-69-40(29(59)25(16)55)76-14-5-70-41(30(60)23(14)53)80-18-9-72-43(34(64)36(18)82-45-32(62)21(51)12(2-47)74-45)77-15-6-68-39(28(58)24(15)54)75-13-4-66-37(65)26(56)22(13)52/h10-65H,1-9H2/t10-,11+,12+,13-,14-,15-,16-,17-,18-,19+,20+,21+,22+,23+,24+,25+,26-,27-,28-,29-,30-,31-,32-,33-,34-,35+,36+,37?,38+,39+,40+,41+,42+,43+,44+,45+/m1/s1. The van der Waals surface area contributed by atoms with Gasteiger partial charge >= 0.3 is 0 Å². The maximum atomic E-state index is 11.7. The van der Waals surface area contributed by atoms with E-state index in [0.29, 0.717) is 0 Å². The molecule has 9 aliphatic rings. The summed E-state index contributed by atoms with van der Waals surface area (Å²) in [5.74, 6) is 0. The lowest BCUT2D eigenvalue weighted by Gasteiger charge is -2.46. The summed E-state index contributed by atoms with van der Waals surface area (Å²) < 4.78 is 95.6. The SMILES string of the molecule is OC[C@@H]1O[C@@H](O[C@@H]2[C@@H](O)[C@H](O[C@@H]3CO[C@@H](O[C@@H]4CO[C@@H](O[C@@H]5CO[C@@H](O[C@@H]6CO[C@@H](O[C@@H]7COC(O)[C@H](O)[C@H]7O)[C@H](O)[C@H]6O)[C@H](O)[C@H]5O[C@@H]5O[C@@H](CO)[C@H](O)[C@H]5O)[C@H](O)[C@H]4O)[C@H](O)[C@H]3O)OC[C@H]2O[C@@H]2OC[C@@H](O)[C@H](O)[C@H]2O)[C@H](O)[C@H]1O. The van der Waals surface area contributed by atoms with Gasteiger partial charge in [-0.1, -0.05) is 0 Å². The Labute approximate surface area is 463 Å². The number of ether oxygens (including phenoxy) is 17. The Morgan fingerprint density at radius 2 is 0.512 bits per heavy atom. The van der Waals surface area contributed by atoms with Crippen LogP contribution in [0.15, 0.2) is 0 Å². The van der Waals surface area contributed by atoms with Crippen molar-refractivity contribution in [3.05, 3.63) is 0 Å². The van der Waals surface area contributed by atoms with Crippen molar-refractivity contribution >= 4 is 0 Å². The second-order valence-corrected chi connectivity index (χ2v) is 21.1. The topological polar surface area (TPSA) is 562 Å². The molecule has 0 aliphatic carbocycles. The lowest BCUT2D eigenvalue weighted by molar-refractivity contribution is -0.376. The highest BCUT2D eigenvalue weighted by Crippen LogP contribution is 2.36. The van der Waals surface area contributed by atoms with Crippen molar-refractivity contribution < 1.29 is 183 Å². The molecule has 20 N–H and O–H groups in total. The fourth-order valence-corrected chi connectivity index (χ4v) is 10.4. The highest BCUT2D eigenvalue weighted by atomic mass is 16.8. The zero-order valence-corrected chi connectivity index (χ0v) is 43.0. The van der Waals surface area contributed by atoms with Crippen molar-refractivity contribution in [2.45, 2.75) is 221 Å². The lowest BCUT2D eigenvalue weighted by Crippen LogP contribution is -2.64. The van der Waals surface area contributed by atoms with Crippen LogP contribution < -0.4 is 0 Å². The highest BCUT2D eigenvalue weighted by Gasteiger charge is 2.56. The first-order valence-electron chi connectivity index (χ1n) is 26.3. The molecule has 0 bridgehead atoms. The van der Waals surface area contributed by atoms with E-state index in [1.54, 1.807) is 0 Å². The average Bonchev–Trinajstić information content (AvgIpc) is 3.99. The van der Waals surface area contributed by atoms with E-state index in [9.17, 15) is 102 Å². The van der Waals surface area contributed by atoms with Crippen LogP contribution >= 0.6 is 0 Å². The molecule has 37 heteroatoms. The predicted molar refractivity (Wildman–Crippen MR) is 243 cm³/mol. The number of aliphatic hydroxyl groups is 20. The summed E-state index contributed by atoms with van der Waals surface area (Å²) in [6.07, 6.45) is -61.2. The Kier molecular flexibility index (Phi) is 22.1.